The number of carbonyl (C=O) groups excluding carboxylic acids is 1. The molecule has 0 unspecified atom stereocenters. The van der Waals surface area contributed by atoms with Crippen molar-refractivity contribution in [1.29, 1.82) is 0 Å². The molecule has 1 fully saturated rings. The smallest absolute Gasteiger partial charge is 0.257 e. The van der Waals surface area contributed by atoms with Crippen molar-refractivity contribution in [3.05, 3.63) is 29.8 Å². The van der Waals surface area contributed by atoms with Gasteiger partial charge in [-0.15, -0.1) is 0 Å². The van der Waals surface area contributed by atoms with Gasteiger partial charge in [-0.05, 0) is 19.2 Å². The van der Waals surface area contributed by atoms with Crippen molar-refractivity contribution in [1.82, 2.24) is 9.80 Å². The number of hydrogen-bond donors (Lipinski definition) is 1. The first-order valence-corrected chi connectivity index (χ1v) is 6.46. The largest absolute Gasteiger partial charge is 0.362 e. The summed E-state index contributed by atoms with van der Waals surface area (Å²) in [4.78, 5) is 16.6. The molecule has 4 nitrogen and oxygen atoms in total. The minimum Gasteiger partial charge on any atom is -0.362 e. The highest BCUT2D eigenvalue weighted by atomic mass is 16.2. The van der Waals surface area contributed by atoms with E-state index in [4.69, 9.17) is 0 Å². The first-order valence-electron chi connectivity index (χ1n) is 6.46. The van der Waals surface area contributed by atoms with Gasteiger partial charge in [0, 0.05) is 38.7 Å². The third-order valence-corrected chi connectivity index (χ3v) is 4.29. The van der Waals surface area contributed by atoms with Gasteiger partial charge in [-0.3, -0.25) is 4.79 Å². The molecule has 1 aromatic rings. The molecule has 2 heterocycles. The Kier molecular flexibility index (Phi) is 2.55. The fourth-order valence-electron chi connectivity index (χ4n) is 2.94. The molecule has 1 saturated heterocycles. The van der Waals surface area contributed by atoms with Crippen LogP contribution in [0.3, 0.4) is 0 Å². The van der Waals surface area contributed by atoms with Crippen LogP contribution in [-0.4, -0.2) is 48.6 Å². The summed E-state index contributed by atoms with van der Waals surface area (Å²) in [5.74, 6) is 0.133. The lowest BCUT2D eigenvalue weighted by molar-refractivity contribution is 0.0411. The number of rotatable bonds is 0. The standard InChI is InChI=1S/C14H19N3O/c1-16-9-7-14(8-10-16)15-12-6-4-3-5-11(12)13(18)17(14)2/h3-6,15H,7-10H2,1-2H3. The predicted molar refractivity (Wildman–Crippen MR) is 71.6 cm³/mol. The molecule has 2 aliphatic rings. The van der Waals surface area contributed by atoms with Gasteiger partial charge in [-0.2, -0.15) is 0 Å². The second-order valence-electron chi connectivity index (χ2n) is 5.37. The lowest BCUT2D eigenvalue weighted by atomic mass is 9.91. The van der Waals surface area contributed by atoms with Crippen LogP contribution in [0.5, 0.6) is 0 Å². The van der Waals surface area contributed by atoms with Crippen molar-refractivity contribution < 1.29 is 4.79 Å². The Morgan fingerprint density at radius 1 is 1.17 bits per heavy atom. The SMILES string of the molecule is CN1CCC2(CC1)Nc1ccccc1C(=O)N2C. The Balaban J connectivity index is 1.98. The summed E-state index contributed by atoms with van der Waals surface area (Å²) in [6.07, 6.45) is 1.94. The number of amides is 1. The first-order chi connectivity index (χ1) is 8.62. The van der Waals surface area contributed by atoms with Crippen molar-refractivity contribution in [2.45, 2.75) is 18.5 Å². The average molecular weight is 245 g/mol. The first kappa shape index (κ1) is 11.5. The number of fused-ring (bicyclic) bond motifs is 1. The van der Waals surface area contributed by atoms with Gasteiger partial charge < -0.3 is 15.1 Å². The summed E-state index contributed by atoms with van der Waals surface area (Å²) in [5.41, 5.74) is 1.56. The summed E-state index contributed by atoms with van der Waals surface area (Å²) in [5, 5.41) is 3.59. The van der Waals surface area contributed by atoms with E-state index in [-0.39, 0.29) is 11.6 Å². The second-order valence-corrected chi connectivity index (χ2v) is 5.37. The van der Waals surface area contributed by atoms with Crippen molar-refractivity contribution >= 4 is 11.6 Å². The Labute approximate surface area is 108 Å². The molecule has 1 spiro atoms. The molecule has 1 aromatic carbocycles. The lowest BCUT2D eigenvalue weighted by Gasteiger charge is -2.50. The van der Waals surface area contributed by atoms with E-state index in [1.165, 1.54) is 0 Å². The van der Waals surface area contributed by atoms with E-state index in [0.717, 1.165) is 37.2 Å². The number of nitrogens with zero attached hydrogens (tertiary/aromatic N) is 2. The quantitative estimate of drug-likeness (QED) is 0.754. The van der Waals surface area contributed by atoms with Crippen LogP contribution in [0.15, 0.2) is 24.3 Å². The fourth-order valence-corrected chi connectivity index (χ4v) is 2.94. The highest BCUT2D eigenvalue weighted by molar-refractivity contribution is 6.02. The zero-order valence-electron chi connectivity index (χ0n) is 10.9. The van der Waals surface area contributed by atoms with Crippen LogP contribution in [0.1, 0.15) is 23.2 Å². The maximum absolute atomic E-state index is 12.4. The van der Waals surface area contributed by atoms with Crippen LogP contribution in [-0.2, 0) is 0 Å². The molecule has 0 aromatic heterocycles. The van der Waals surface area contributed by atoms with Crippen molar-refractivity contribution in [3.8, 4) is 0 Å². The molecule has 0 atom stereocenters. The van der Waals surface area contributed by atoms with Gasteiger partial charge in [0.2, 0.25) is 0 Å². The summed E-state index contributed by atoms with van der Waals surface area (Å²) in [6.45, 7) is 2.04. The van der Waals surface area contributed by atoms with E-state index < -0.39 is 0 Å². The van der Waals surface area contributed by atoms with Crippen LogP contribution >= 0.6 is 0 Å². The molecule has 4 heteroatoms. The molecule has 0 aliphatic carbocycles. The highest BCUT2D eigenvalue weighted by Crippen LogP contribution is 2.36. The van der Waals surface area contributed by atoms with Crippen LogP contribution in [0, 0.1) is 0 Å². The van der Waals surface area contributed by atoms with Gasteiger partial charge in [0.05, 0.1) is 5.56 Å². The normalized spacial score (nSPS) is 22.8. The maximum atomic E-state index is 12.4. The van der Waals surface area contributed by atoms with Crippen molar-refractivity contribution in [2.75, 3.05) is 32.5 Å². The Morgan fingerprint density at radius 2 is 1.83 bits per heavy atom. The van der Waals surface area contributed by atoms with Gasteiger partial charge >= 0.3 is 0 Å². The van der Waals surface area contributed by atoms with Gasteiger partial charge in [-0.25, -0.2) is 0 Å². The number of piperidine rings is 1. The van der Waals surface area contributed by atoms with Crippen LogP contribution in [0.25, 0.3) is 0 Å². The molecule has 1 N–H and O–H groups in total. The number of para-hydroxylation sites is 1. The fraction of sp³-hybridized carbons (Fsp3) is 0.500. The summed E-state index contributed by atoms with van der Waals surface area (Å²) < 4.78 is 0. The number of nitrogens with one attached hydrogen (secondary N) is 1. The van der Waals surface area contributed by atoms with Gasteiger partial charge in [0.25, 0.3) is 5.91 Å². The Morgan fingerprint density at radius 3 is 2.56 bits per heavy atom. The molecule has 0 bridgehead atoms. The summed E-state index contributed by atoms with van der Waals surface area (Å²) in [6, 6.07) is 7.79. The molecule has 0 saturated carbocycles. The average Bonchev–Trinajstić information content (AvgIpc) is 2.40. The molecule has 2 aliphatic heterocycles. The predicted octanol–water partition coefficient (Wildman–Crippen LogP) is 1.61. The second kappa shape index (κ2) is 3.99. The minimum atomic E-state index is -0.196. The Hall–Kier alpha value is -1.55. The molecule has 3 rings (SSSR count). The van der Waals surface area contributed by atoms with Crippen LogP contribution < -0.4 is 5.32 Å². The zero-order chi connectivity index (χ0) is 12.8. The zero-order valence-corrected chi connectivity index (χ0v) is 10.9. The van der Waals surface area contributed by atoms with E-state index in [2.05, 4.69) is 17.3 Å². The number of anilines is 1. The van der Waals surface area contributed by atoms with Gasteiger partial charge in [-0.1, -0.05) is 12.1 Å². The molecule has 1 amide bonds. The summed E-state index contributed by atoms with van der Waals surface area (Å²) >= 11 is 0. The van der Waals surface area contributed by atoms with E-state index in [1.54, 1.807) is 0 Å². The maximum Gasteiger partial charge on any atom is 0.257 e. The monoisotopic (exact) mass is 245 g/mol. The lowest BCUT2D eigenvalue weighted by Crippen LogP contribution is -2.62. The Bertz CT molecular complexity index is 478. The number of benzene rings is 1. The number of likely N-dealkylation sites (tertiary alicyclic amines) is 1. The van der Waals surface area contributed by atoms with Crippen molar-refractivity contribution in [2.24, 2.45) is 0 Å². The van der Waals surface area contributed by atoms with Crippen LogP contribution in [0.2, 0.25) is 0 Å². The number of carbonyl (C=O) groups is 1. The highest BCUT2D eigenvalue weighted by Gasteiger charge is 2.43. The third-order valence-electron chi connectivity index (χ3n) is 4.29. The molecular weight excluding hydrogens is 226 g/mol. The van der Waals surface area contributed by atoms with E-state index in [1.807, 2.05) is 36.2 Å². The van der Waals surface area contributed by atoms with Crippen LogP contribution in [0.4, 0.5) is 5.69 Å². The van der Waals surface area contributed by atoms with E-state index >= 15 is 0 Å². The minimum absolute atomic E-state index is 0.133. The van der Waals surface area contributed by atoms with Gasteiger partial charge in [0.15, 0.2) is 0 Å². The van der Waals surface area contributed by atoms with E-state index in [9.17, 15) is 4.79 Å². The molecular formula is C14H19N3O. The third kappa shape index (κ3) is 1.60. The molecule has 0 radical (unpaired) electrons. The van der Waals surface area contributed by atoms with E-state index in [0.29, 0.717) is 0 Å². The topological polar surface area (TPSA) is 35.6 Å². The molecule has 18 heavy (non-hydrogen) atoms. The summed E-state index contributed by atoms with van der Waals surface area (Å²) in [7, 11) is 4.04. The molecule has 96 valence electrons. The van der Waals surface area contributed by atoms with Crippen molar-refractivity contribution in [3.63, 3.8) is 0 Å². The number of hydrogen-bond acceptors (Lipinski definition) is 3. The van der Waals surface area contributed by atoms with Gasteiger partial charge in [0.1, 0.15) is 5.66 Å².